The third-order valence-electron chi connectivity index (χ3n) is 2.44. The molecule has 0 heterocycles. The summed E-state index contributed by atoms with van der Waals surface area (Å²) in [5.74, 6) is 0. The van der Waals surface area contributed by atoms with Gasteiger partial charge in [-0.15, -0.1) is 0 Å². The van der Waals surface area contributed by atoms with Gasteiger partial charge >= 0.3 is 0 Å². The normalized spacial score (nSPS) is 10.3. The van der Waals surface area contributed by atoms with Gasteiger partial charge < -0.3 is 4.74 Å². The summed E-state index contributed by atoms with van der Waals surface area (Å²) in [6.45, 7) is 6.33. The molecule has 0 saturated heterocycles. The summed E-state index contributed by atoms with van der Waals surface area (Å²) in [6, 6.07) is 0. The number of hydrogen-bond acceptors (Lipinski definition) is 1. The lowest BCUT2D eigenvalue weighted by Crippen LogP contribution is -2.03. The van der Waals surface area contributed by atoms with Gasteiger partial charge in [-0.2, -0.15) is 0 Å². The molecule has 0 aliphatic heterocycles. The van der Waals surface area contributed by atoms with Gasteiger partial charge in [0.1, 0.15) is 0 Å². The Morgan fingerprint density at radius 2 is 1.33 bits per heavy atom. The molecule has 0 N–H and O–H groups in total. The maximum absolute atomic E-state index is 5.50. The van der Waals surface area contributed by atoms with Crippen molar-refractivity contribution in [3.63, 3.8) is 0 Å². The summed E-state index contributed by atoms with van der Waals surface area (Å²) in [5, 5.41) is 0. The molecule has 1 nitrogen and oxygen atoms in total. The first-order valence-electron chi connectivity index (χ1n) is 6.64. The average Bonchev–Trinajstić information content (AvgIpc) is 2.26. The predicted octanol–water partition coefficient (Wildman–Crippen LogP) is 3.54. The van der Waals surface area contributed by atoms with E-state index in [1.54, 1.807) is 0 Å². The molecule has 2 radical (unpaired) electrons. The van der Waals surface area contributed by atoms with E-state index in [0.717, 1.165) is 13.2 Å². The van der Waals surface area contributed by atoms with Crippen molar-refractivity contribution in [2.24, 2.45) is 0 Å². The van der Waals surface area contributed by atoms with Crippen molar-refractivity contribution < 1.29 is 4.74 Å². The van der Waals surface area contributed by atoms with E-state index < -0.39 is 0 Å². The number of hydrogen-bond donors (Lipinski definition) is 0. The Labute approximate surface area is 97.8 Å². The van der Waals surface area contributed by atoms with Crippen LogP contribution in [0.3, 0.4) is 0 Å². The van der Waals surface area contributed by atoms with Crippen LogP contribution in [0.15, 0.2) is 0 Å². The van der Waals surface area contributed by atoms with Crippen molar-refractivity contribution in [1.29, 1.82) is 0 Å². The smallest absolute Gasteiger partial charge is 0.0653 e. The molecule has 0 fully saturated rings. The van der Waals surface area contributed by atoms with Crippen molar-refractivity contribution in [3.8, 4) is 0 Å². The Bertz CT molecular complexity index is 97.8. The number of rotatable bonds is 12. The van der Waals surface area contributed by atoms with Crippen LogP contribution in [0.4, 0.5) is 0 Å². The fraction of sp³-hybridized carbons (Fsp3) is 1.00. The van der Waals surface area contributed by atoms with Gasteiger partial charge in [0.25, 0.3) is 0 Å². The highest BCUT2D eigenvalue weighted by molar-refractivity contribution is 7.00. The summed E-state index contributed by atoms with van der Waals surface area (Å²) in [5.41, 5.74) is 0. The van der Waals surface area contributed by atoms with Gasteiger partial charge in [-0.25, -0.2) is 0 Å². The predicted molar refractivity (Wildman–Crippen MR) is 71.0 cm³/mol. The lowest BCUT2D eigenvalue weighted by molar-refractivity contribution is 0.128. The molecule has 86 valence electrons. The van der Waals surface area contributed by atoms with Gasteiger partial charge in [0.15, 0.2) is 0 Å². The minimum atomic E-state index is 0.947. The molecule has 0 aromatic carbocycles. The maximum atomic E-state index is 5.50. The minimum Gasteiger partial charge on any atom is -0.381 e. The van der Waals surface area contributed by atoms with Crippen molar-refractivity contribution >= 4 is 14.3 Å². The zero-order valence-corrected chi connectivity index (χ0v) is 10.6. The lowest BCUT2D eigenvalue weighted by Gasteiger charge is -2.02. The SMILES string of the molecule is CCCC[B][B]CCCCOCCCC. The van der Waals surface area contributed by atoms with Crippen molar-refractivity contribution in [2.75, 3.05) is 13.2 Å². The average molecular weight is 208 g/mol. The quantitative estimate of drug-likeness (QED) is 0.352. The van der Waals surface area contributed by atoms with Gasteiger partial charge in [-0.1, -0.05) is 52.2 Å². The van der Waals surface area contributed by atoms with E-state index in [0.29, 0.717) is 0 Å². The van der Waals surface area contributed by atoms with E-state index in [2.05, 4.69) is 28.2 Å². The van der Waals surface area contributed by atoms with Crippen molar-refractivity contribution in [1.82, 2.24) is 0 Å². The van der Waals surface area contributed by atoms with Crippen molar-refractivity contribution in [3.05, 3.63) is 0 Å². The van der Waals surface area contributed by atoms with Crippen LogP contribution in [0, 0.1) is 0 Å². The molecule has 0 aromatic rings. The summed E-state index contributed by atoms with van der Waals surface area (Å²) >= 11 is 0. The molecule has 0 rings (SSSR count). The van der Waals surface area contributed by atoms with Gasteiger partial charge in [0.05, 0.1) is 14.3 Å². The largest absolute Gasteiger partial charge is 0.381 e. The van der Waals surface area contributed by atoms with Crippen LogP contribution in [0.5, 0.6) is 0 Å². The molecular formula is C12H26B2O. The Morgan fingerprint density at radius 1 is 0.733 bits per heavy atom. The summed E-state index contributed by atoms with van der Waals surface area (Å²) in [7, 11) is 4.64. The third kappa shape index (κ3) is 14.1. The molecule has 0 aliphatic carbocycles. The second-order valence-electron chi connectivity index (χ2n) is 4.08. The zero-order valence-electron chi connectivity index (χ0n) is 10.6. The van der Waals surface area contributed by atoms with Crippen LogP contribution >= 0.6 is 0 Å². The van der Waals surface area contributed by atoms with Crippen LogP contribution in [-0.2, 0) is 4.74 Å². The lowest BCUT2D eigenvalue weighted by atomic mass is 9.36. The van der Waals surface area contributed by atoms with Crippen molar-refractivity contribution in [2.45, 2.75) is 65.0 Å². The van der Waals surface area contributed by atoms with Gasteiger partial charge in [-0.3, -0.25) is 0 Å². The Balaban J connectivity index is 2.81. The van der Waals surface area contributed by atoms with Gasteiger partial charge in [0.2, 0.25) is 0 Å². The molecular weight excluding hydrogens is 182 g/mol. The first-order chi connectivity index (χ1) is 7.41. The second-order valence-corrected chi connectivity index (χ2v) is 4.08. The molecule has 0 spiro atoms. The molecule has 0 unspecified atom stereocenters. The standard InChI is InChI=1S/C12H26B2O/c1-3-5-9-13-14-10-7-8-12-15-11-6-4-2/h3-12H2,1-2H3. The highest BCUT2D eigenvalue weighted by Crippen LogP contribution is 1.99. The van der Waals surface area contributed by atoms with E-state index in [1.165, 1.54) is 51.2 Å². The summed E-state index contributed by atoms with van der Waals surface area (Å²) in [4.78, 5) is 0. The number of unbranched alkanes of at least 4 members (excludes halogenated alkanes) is 3. The van der Waals surface area contributed by atoms with Crippen LogP contribution < -0.4 is 0 Å². The fourth-order valence-electron chi connectivity index (χ4n) is 1.37. The topological polar surface area (TPSA) is 9.23 Å². The molecule has 0 saturated carbocycles. The Kier molecular flexibility index (Phi) is 14.2. The van der Waals surface area contributed by atoms with E-state index in [4.69, 9.17) is 4.74 Å². The fourth-order valence-corrected chi connectivity index (χ4v) is 1.37. The molecule has 0 bridgehead atoms. The zero-order chi connectivity index (χ0) is 11.2. The van der Waals surface area contributed by atoms with Crippen LogP contribution in [-0.4, -0.2) is 27.6 Å². The van der Waals surface area contributed by atoms with Crippen LogP contribution in [0.1, 0.15) is 52.4 Å². The first-order valence-corrected chi connectivity index (χ1v) is 6.64. The maximum Gasteiger partial charge on any atom is 0.0653 e. The Morgan fingerprint density at radius 3 is 2.00 bits per heavy atom. The summed E-state index contributed by atoms with van der Waals surface area (Å²) in [6.07, 6.45) is 10.0. The van der Waals surface area contributed by atoms with Crippen LogP contribution in [0.25, 0.3) is 0 Å². The van der Waals surface area contributed by atoms with E-state index in [9.17, 15) is 0 Å². The third-order valence-corrected chi connectivity index (χ3v) is 2.44. The monoisotopic (exact) mass is 208 g/mol. The molecule has 0 aliphatic rings. The second kappa shape index (κ2) is 14.1. The van der Waals surface area contributed by atoms with E-state index >= 15 is 0 Å². The molecule has 0 atom stereocenters. The first kappa shape index (κ1) is 15.1. The molecule has 0 aromatic heterocycles. The van der Waals surface area contributed by atoms with Gasteiger partial charge in [-0.05, 0) is 12.8 Å². The van der Waals surface area contributed by atoms with Crippen LogP contribution in [0.2, 0.25) is 12.6 Å². The van der Waals surface area contributed by atoms with E-state index in [1.807, 2.05) is 0 Å². The Hall–Kier alpha value is 0.0899. The minimum absolute atomic E-state index is 0.947. The van der Waals surface area contributed by atoms with E-state index in [-0.39, 0.29) is 0 Å². The molecule has 15 heavy (non-hydrogen) atoms. The highest BCUT2D eigenvalue weighted by Gasteiger charge is 1.94. The highest BCUT2D eigenvalue weighted by atomic mass is 16.5. The van der Waals surface area contributed by atoms with Gasteiger partial charge in [0, 0.05) is 13.2 Å². The summed E-state index contributed by atoms with van der Waals surface area (Å²) < 4.78 is 5.50. The molecule has 3 heteroatoms. The molecule has 0 amide bonds. The number of ether oxygens (including phenoxy) is 1.